The first-order chi connectivity index (χ1) is 7.22. The molecule has 80 valence electrons. The predicted molar refractivity (Wildman–Crippen MR) is 51.9 cm³/mol. The van der Waals surface area contributed by atoms with Crippen molar-refractivity contribution >= 4 is 10.9 Å². The molecule has 2 rings (SSSR count). The molecular weight excluding hydrogens is 198 g/mol. The summed E-state index contributed by atoms with van der Waals surface area (Å²) in [5.74, 6) is 0. The van der Waals surface area contributed by atoms with Crippen LogP contribution in [0, 0.1) is 0 Å². The summed E-state index contributed by atoms with van der Waals surface area (Å²) in [4.78, 5) is 3.96. The van der Waals surface area contributed by atoms with Gasteiger partial charge in [-0.3, -0.25) is 10.1 Å². The van der Waals surface area contributed by atoms with Crippen molar-refractivity contribution in [2.45, 2.75) is 12.2 Å². The van der Waals surface area contributed by atoms with E-state index < -0.39 is 18.8 Å². The zero-order chi connectivity index (χ0) is 10.8. The van der Waals surface area contributed by atoms with Crippen LogP contribution in [0.15, 0.2) is 18.5 Å². The van der Waals surface area contributed by atoms with E-state index in [9.17, 15) is 10.2 Å². The molecule has 15 heavy (non-hydrogen) atoms. The van der Waals surface area contributed by atoms with Gasteiger partial charge in [0.25, 0.3) is 0 Å². The minimum atomic E-state index is -1.22. The Hall–Kier alpha value is -1.50. The molecule has 0 aromatic carbocycles. The second kappa shape index (κ2) is 3.93. The quantitative estimate of drug-likeness (QED) is 0.537. The number of aliphatic hydroxyl groups is 3. The Morgan fingerprint density at radius 1 is 1.33 bits per heavy atom. The number of fused-ring (bicyclic) bond motifs is 1. The molecule has 2 atom stereocenters. The lowest BCUT2D eigenvalue weighted by atomic mass is 10.1. The SMILES string of the molecule is OCC(O)C(O)c1cc2cn[nH]c2cn1. The molecule has 0 radical (unpaired) electrons. The Bertz CT molecular complexity index is 457. The zero-order valence-electron chi connectivity index (χ0n) is 7.83. The lowest BCUT2D eigenvalue weighted by molar-refractivity contribution is -0.0172. The van der Waals surface area contributed by atoms with Gasteiger partial charge in [0.05, 0.1) is 30.2 Å². The Kier molecular flexibility index (Phi) is 2.63. The highest BCUT2D eigenvalue weighted by atomic mass is 16.4. The largest absolute Gasteiger partial charge is 0.394 e. The van der Waals surface area contributed by atoms with Crippen LogP contribution >= 0.6 is 0 Å². The average molecular weight is 209 g/mol. The van der Waals surface area contributed by atoms with Crippen LogP contribution in [0.25, 0.3) is 10.9 Å². The van der Waals surface area contributed by atoms with E-state index in [-0.39, 0.29) is 0 Å². The minimum absolute atomic E-state index is 0.311. The Balaban J connectivity index is 2.35. The maximum atomic E-state index is 9.58. The number of H-pyrrole nitrogens is 1. The molecule has 0 aliphatic heterocycles. The van der Waals surface area contributed by atoms with Crippen molar-refractivity contribution in [1.82, 2.24) is 15.2 Å². The number of hydrogen-bond donors (Lipinski definition) is 4. The van der Waals surface area contributed by atoms with Crippen LogP contribution in [0.1, 0.15) is 11.8 Å². The standard InChI is InChI=1S/C9H11N3O3/c13-4-8(14)9(15)6-1-5-2-11-12-7(5)3-10-6/h1-3,8-9,13-15H,4H2,(H,11,12). The smallest absolute Gasteiger partial charge is 0.124 e. The molecule has 0 bridgehead atoms. The van der Waals surface area contributed by atoms with E-state index in [2.05, 4.69) is 15.2 Å². The number of nitrogens with one attached hydrogen (secondary N) is 1. The monoisotopic (exact) mass is 209 g/mol. The van der Waals surface area contributed by atoms with Gasteiger partial charge in [-0.25, -0.2) is 0 Å². The van der Waals surface area contributed by atoms with Crippen LogP contribution in [-0.2, 0) is 0 Å². The number of rotatable bonds is 3. The van der Waals surface area contributed by atoms with Crippen LogP contribution in [0.5, 0.6) is 0 Å². The van der Waals surface area contributed by atoms with Crippen LogP contribution < -0.4 is 0 Å². The van der Waals surface area contributed by atoms with E-state index in [1.165, 1.54) is 6.20 Å². The molecule has 2 heterocycles. The third kappa shape index (κ3) is 1.82. The van der Waals surface area contributed by atoms with Crippen molar-refractivity contribution < 1.29 is 15.3 Å². The van der Waals surface area contributed by atoms with Gasteiger partial charge < -0.3 is 15.3 Å². The van der Waals surface area contributed by atoms with Gasteiger partial charge in [-0.2, -0.15) is 5.10 Å². The van der Waals surface area contributed by atoms with E-state index in [0.717, 1.165) is 10.9 Å². The summed E-state index contributed by atoms with van der Waals surface area (Å²) in [6, 6.07) is 1.61. The molecule has 2 aromatic heterocycles. The second-order valence-electron chi connectivity index (χ2n) is 3.26. The third-order valence-corrected chi connectivity index (χ3v) is 2.20. The van der Waals surface area contributed by atoms with Crippen molar-refractivity contribution in [3.05, 3.63) is 24.2 Å². The number of aromatic nitrogens is 3. The minimum Gasteiger partial charge on any atom is -0.394 e. The summed E-state index contributed by atoms with van der Waals surface area (Å²) in [5.41, 5.74) is 1.06. The summed E-state index contributed by atoms with van der Waals surface area (Å²) < 4.78 is 0. The molecular formula is C9H11N3O3. The van der Waals surface area contributed by atoms with E-state index in [1.54, 1.807) is 12.3 Å². The van der Waals surface area contributed by atoms with Gasteiger partial charge in [0, 0.05) is 5.39 Å². The van der Waals surface area contributed by atoms with Crippen LogP contribution in [0.4, 0.5) is 0 Å². The topological polar surface area (TPSA) is 102 Å². The first kappa shape index (κ1) is 10.0. The lowest BCUT2D eigenvalue weighted by Crippen LogP contribution is -2.22. The maximum absolute atomic E-state index is 9.58. The zero-order valence-corrected chi connectivity index (χ0v) is 7.83. The highest BCUT2D eigenvalue weighted by Crippen LogP contribution is 2.18. The molecule has 2 unspecified atom stereocenters. The number of aromatic amines is 1. The number of pyridine rings is 1. The van der Waals surface area contributed by atoms with Crippen molar-refractivity contribution in [3.8, 4) is 0 Å². The number of hydrogen-bond acceptors (Lipinski definition) is 5. The molecule has 0 saturated carbocycles. The van der Waals surface area contributed by atoms with Crippen molar-refractivity contribution in [3.63, 3.8) is 0 Å². The van der Waals surface area contributed by atoms with Gasteiger partial charge in [0.15, 0.2) is 0 Å². The van der Waals surface area contributed by atoms with Gasteiger partial charge in [-0.1, -0.05) is 0 Å². The van der Waals surface area contributed by atoms with E-state index in [4.69, 9.17) is 5.11 Å². The van der Waals surface area contributed by atoms with Gasteiger partial charge in [0.1, 0.15) is 12.2 Å². The molecule has 2 aromatic rings. The molecule has 0 aliphatic rings. The van der Waals surface area contributed by atoms with Gasteiger partial charge >= 0.3 is 0 Å². The van der Waals surface area contributed by atoms with Gasteiger partial charge in [0.2, 0.25) is 0 Å². The highest BCUT2D eigenvalue weighted by molar-refractivity contribution is 5.77. The molecule has 0 amide bonds. The van der Waals surface area contributed by atoms with Crippen LogP contribution in [0.3, 0.4) is 0 Å². The fraction of sp³-hybridized carbons (Fsp3) is 0.333. The normalized spacial score (nSPS) is 15.4. The molecule has 6 heteroatoms. The fourth-order valence-electron chi connectivity index (χ4n) is 1.32. The third-order valence-electron chi connectivity index (χ3n) is 2.20. The Labute approximate surface area is 85.2 Å². The fourth-order valence-corrected chi connectivity index (χ4v) is 1.32. The highest BCUT2D eigenvalue weighted by Gasteiger charge is 2.18. The van der Waals surface area contributed by atoms with Crippen molar-refractivity contribution in [2.24, 2.45) is 0 Å². The number of nitrogens with zero attached hydrogens (tertiary/aromatic N) is 2. The molecule has 0 spiro atoms. The molecule has 0 fully saturated rings. The van der Waals surface area contributed by atoms with Gasteiger partial charge in [-0.05, 0) is 6.07 Å². The molecule has 6 nitrogen and oxygen atoms in total. The first-order valence-corrected chi connectivity index (χ1v) is 4.48. The van der Waals surface area contributed by atoms with E-state index in [0.29, 0.717) is 5.69 Å². The number of aliphatic hydroxyl groups excluding tert-OH is 3. The van der Waals surface area contributed by atoms with Crippen LogP contribution in [0.2, 0.25) is 0 Å². The van der Waals surface area contributed by atoms with Gasteiger partial charge in [-0.15, -0.1) is 0 Å². The Morgan fingerprint density at radius 2 is 2.13 bits per heavy atom. The Morgan fingerprint density at radius 3 is 2.87 bits per heavy atom. The summed E-state index contributed by atoms with van der Waals surface area (Å²) in [6.07, 6.45) is 0.708. The lowest BCUT2D eigenvalue weighted by Gasteiger charge is -2.14. The van der Waals surface area contributed by atoms with Crippen molar-refractivity contribution in [1.29, 1.82) is 0 Å². The molecule has 4 N–H and O–H groups in total. The average Bonchev–Trinajstić information content (AvgIpc) is 2.73. The van der Waals surface area contributed by atoms with E-state index in [1.807, 2.05) is 0 Å². The summed E-state index contributed by atoms with van der Waals surface area (Å²) in [5, 5.41) is 34.8. The maximum Gasteiger partial charge on any atom is 0.124 e. The summed E-state index contributed by atoms with van der Waals surface area (Å²) in [6.45, 7) is -0.508. The molecule has 0 saturated heterocycles. The predicted octanol–water partition coefficient (Wildman–Crippen LogP) is -0.656. The van der Waals surface area contributed by atoms with Crippen molar-refractivity contribution in [2.75, 3.05) is 6.61 Å². The second-order valence-corrected chi connectivity index (χ2v) is 3.26. The van der Waals surface area contributed by atoms with E-state index >= 15 is 0 Å². The summed E-state index contributed by atoms with van der Waals surface area (Å²) >= 11 is 0. The summed E-state index contributed by atoms with van der Waals surface area (Å²) in [7, 11) is 0. The van der Waals surface area contributed by atoms with Crippen LogP contribution in [-0.4, -0.2) is 43.2 Å². The molecule has 0 aliphatic carbocycles. The first-order valence-electron chi connectivity index (χ1n) is 4.48.